The van der Waals surface area contributed by atoms with Gasteiger partial charge >= 0.3 is 5.97 Å². The highest BCUT2D eigenvalue weighted by molar-refractivity contribution is 8.09. The molecule has 2 nitrogen and oxygen atoms in total. The van der Waals surface area contributed by atoms with Crippen molar-refractivity contribution in [2.24, 2.45) is 0 Å². The summed E-state index contributed by atoms with van der Waals surface area (Å²) in [5.74, 6) is -0.787. The quantitative estimate of drug-likeness (QED) is 0.729. The molecule has 1 saturated carbocycles. The van der Waals surface area contributed by atoms with Crippen molar-refractivity contribution in [3.05, 3.63) is 44.8 Å². The lowest BCUT2D eigenvalue weighted by atomic mass is 9.70. The van der Waals surface area contributed by atoms with Gasteiger partial charge in [0.2, 0.25) is 0 Å². The van der Waals surface area contributed by atoms with Gasteiger partial charge in [0.05, 0.1) is 14.4 Å². The molecule has 0 amide bonds. The molecule has 116 valence electrons. The molecule has 2 aliphatic carbocycles. The van der Waals surface area contributed by atoms with Crippen LogP contribution in [0.4, 0.5) is 0 Å². The van der Waals surface area contributed by atoms with Crippen molar-refractivity contribution in [2.75, 3.05) is 0 Å². The highest BCUT2D eigenvalue weighted by Crippen LogP contribution is 2.66. The molecule has 4 rings (SSSR count). The molecule has 0 bridgehead atoms. The average molecular weight is 332 g/mol. The first-order valence-corrected chi connectivity index (χ1v) is 9.63. The maximum absolute atomic E-state index is 11.6. The lowest BCUT2D eigenvalue weighted by Crippen LogP contribution is -2.47. The first kappa shape index (κ1) is 14.7. The first-order valence-electron chi connectivity index (χ1n) is 7.93. The van der Waals surface area contributed by atoms with Gasteiger partial charge in [0, 0.05) is 0 Å². The molecular weight excluding hydrogens is 312 g/mol. The van der Waals surface area contributed by atoms with Gasteiger partial charge in [-0.05, 0) is 73.3 Å². The van der Waals surface area contributed by atoms with Crippen LogP contribution in [0.2, 0.25) is 0 Å². The van der Waals surface area contributed by atoms with Crippen molar-refractivity contribution in [3.8, 4) is 0 Å². The number of carboxylic acid groups (broad SMARTS) is 1. The molecule has 0 radical (unpaired) electrons. The van der Waals surface area contributed by atoms with Crippen LogP contribution < -0.4 is 0 Å². The zero-order valence-corrected chi connectivity index (χ0v) is 14.6. The minimum Gasteiger partial charge on any atom is -0.477 e. The molecule has 0 saturated heterocycles. The standard InChI is InChI=1S/C18H20O2S2/c1-17-13(8-9-21-17)11-6-4-3-5-7-12(11)14-10-15(16(19)20)22-18(14,17)2/h8-10H,3-7H2,1-2H3,(H,19,20)/t17-,18-/m1/s1. The number of fused-ring (bicyclic) bond motifs is 4. The SMILES string of the molecule is C[C@@]12SC=CC1=C1CCCCCC1=C1C=C(C(=O)O)S[C@]12C. The molecule has 0 aromatic heterocycles. The monoisotopic (exact) mass is 332 g/mol. The Kier molecular flexibility index (Phi) is 3.22. The van der Waals surface area contributed by atoms with Crippen LogP contribution in [0.5, 0.6) is 0 Å². The zero-order chi connectivity index (χ0) is 15.5. The first-order chi connectivity index (χ1) is 10.5. The number of aliphatic carboxylic acids is 1. The van der Waals surface area contributed by atoms with E-state index in [1.54, 1.807) is 11.8 Å². The van der Waals surface area contributed by atoms with Gasteiger partial charge in [-0.25, -0.2) is 4.79 Å². The van der Waals surface area contributed by atoms with Crippen LogP contribution in [0, 0.1) is 0 Å². The number of carboxylic acids is 1. The van der Waals surface area contributed by atoms with Gasteiger partial charge in [-0.3, -0.25) is 0 Å². The van der Waals surface area contributed by atoms with Crippen LogP contribution in [0.25, 0.3) is 0 Å². The van der Waals surface area contributed by atoms with Gasteiger partial charge in [-0.1, -0.05) is 12.5 Å². The highest BCUT2D eigenvalue weighted by atomic mass is 32.2. The largest absolute Gasteiger partial charge is 0.477 e. The van der Waals surface area contributed by atoms with Crippen molar-refractivity contribution in [3.63, 3.8) is 0 Å². The summed E-state index contributed by atoms with van der Waals surface area (Å²) in [6, 6.07) is 0. The molecule has 2 aliphatic heterocycles. The molecule has 2 atom stereocenters. The lowest BCUT2D eigenvalue weighted by molar-refractivity contribution is -0.131. The van der Waals surface area contributed by atoms with Crippen LogP contribution >= 0.6 is 23.5 Å². The van der Waals surface area contributed by atoms with E-state index in [1.165, 1.54) is 41.6 Å². The molecule has 4 heteroatoms. The Morgan fingerprint density at radius 2 is 1.77 bits per heavy atom. The fourth-order valence-electron chi connectivity index (χ4n) is 4.30. The summed E-state index contributed by atoms with van der Waals surface area (Å²) in [6.45, 7) is 4.54. The normalized spacial score (nSPS) is 36.7. The van der Waals surface area contributed by atoms with E-state index in [0.717, 1.165) is 12.8 Å². The highest BCUT2D eigenvalue weighted by Gasteiger charge is 2.58. The molecule has 4 aliphatic rings. The van der Waals surface area contributed by atoms with Crippen molar-refractivity contribution in [1.82, 2.24) is 0 Å². The maximum atomic E-state index is 11.6. The Morgan fingerprint density at radius 1 is 1.09 bits per heavy atom. The Hall–Kier alpha value is -0.870. The number of allylic oxidation sites excluding steroid dienone is 4. The van der Waals surface area contributed by atoms with Crippen LogP contribution in [0.15, 0.2) is 44.8 Å². The summed E-state index contributed by atoms with van der Waals surface area (Å²) in [4.78, 5) is 12.1. The average Bonchev–Trinajstić information content (AvgIpc) is 2.95. The van der Waals surface area contributed by atoms with E-state index in [0.29, 0.717) is 4.91 Å². The van der Waals surface area contributed by atoms with Crippen molar-refractivity contribution in [2.45, 2.75) is 55.4 Å². The van der Waals surface area contributed by atoms with Gasteiger partial charge in [-0.2, -0.15) is 0 Å². The van der Waals surface area contributed by atoms with Crippen molar-refractivity contribution >= 4 is 29.5 Å². The predicted octanol–water partition coefficient (Wildman–Crippen LogP) is 5.05. The van der Waals surface area contributed by atoms with Crippen LogP contribution in [-0.2, 0) is 4.79 Å². The summed E-state index contributed by atoms with van der Waals surface area (Å²) in [5.41, 5.74) is 5.70. The third-order valence-electron chi connectivity index (χ3n) is 5.65. The second-order valence-corrected chi connectivity index (χ2v) is 9.53. The summed E-state index contributed by atoms with van der Waals surface area (Å²) >= 11 is 3.41. The van der Waals surface area contributed by atoms with Crippen molar-refractivity contribution < 1.29 is 9.90 Å². The van der Waals surface area contributed by atoms with E-state index in [1.807, 2.05) is 17.8 Å². The number of thioether (sulfide) groups is 2. The molecule has 2 heterocycles. The lowest BCUT2D eigenvalue weighted by Gasteiger charge is -2.47. The minimum atomic E-state index is -0.787. The van der Waals surface area contributed by atoms with Crippen LogP contribution in [0.3, 0.4) is 0 Å². The van der Waals surface area contributed by atoms with Crippen LogP contribution in [-0.4, -0.2) is 20.6 Å². The van der Waals surface area contributed by atoms with Gasteiger partial charge in [0.25, 0.3) is 0 Å². The molecule has 0 aromatic rings. The van der Waals surface area contributed by atoms with E-state index in [-0.39, 0.29) is 9.49 Å². The summed E-state index contributed by atoms with van der Waals surface area (Å²) in [7, 11) is 0. The van der Waals surface area contributed by atoms with Gasteiger partial charge < -0.3 is 5.11 Å². The second-order valence-electron chi connectivity index (χ2n) is 6.75. The maximum Gasteiger partial charge on any atom is 0.342 e. The topological polar surface area (TPSA) is 37.3 Å². The Bertz CT molecular complexity index is 698. The summed E-state index contributed by atoms with van der Waals surface area (Å²) in [6.07, 6.45) is 10.2. The van der Waals surface area contributed by atoms with E-state index < -0.39 is 5.97 Å². The molecule has 1 N–H and O–H groups in total. The summed E-state index contributed by atoms with van der Waals surface area (Å²) in [5, 5.41) is 11.7. The number of rotatable bonds is 1. The molecule has 1 fully saturated rings. The Balaban J connectivity index is 1.98. The third-order valence-corrected chi connectivity index (χ3v) is 8.69. The van der Waals surface area contributed by atoms with E-state index in [4.69, 9.17) is 0 Å². The fraction of sp³-hybridized carbons (Fsp3) is 0.500. The van der Waals surface area contributed by atoms with Crippen molar-refractivity contribution in [1.29, 1.82) is 0 Å². The number of carbonyl (C=O) groups is 1. The third kappa shape index (κ3) is 1.74. The molecule has 0 aromatic carbocycles. The van der Waals surface area contributed by atoms with E-state index in [9.17, 15) is 9.90 Å². The number of hydrogen-bond donors (Lipinski definition) is 1. The summed E-state index contributed by atoms with van der Waals surface area (Å²) < 4.78 is -0.225. The number of hydrogen-bond acceptors (Lipinski definition) is 3. The molecule has 22 heavy (non-hydrogen) atoms. The van der Waals surface area contributed by atoms with E-state index >= 15 is 0 Å². The second kappa shape index (κ2) is 4.81. The van der Waals surface area contributed by atoms with E-state index in [2.05, 4.69) is 25.3 Å². The van der Waals surface area contributed by atoms with Gasteiger partial charge in [0.15, 0.2) is 0 Å². The smallest absolute Gasteiger partial charge is 0.342 e. The molecular formula is C18H20O2S2. The minimum absolute atomic E-state index is 0.0517. The van der Waals surface area contributed by atoms with Gasteiger partial charge in [-0.15, -0.1) is 23.5 Å². The predicted molar refractivity (Wildman–Crippen MR) is 94.0 cm³/mol. The Morgan fingerprint density at radius 3 is 2.45 bits per heavy atom. The van der Waals surface area contributed by atoms with Crippen LogP contribution in [0.1, 0.15) is 46.0 Å². The molecule has 0 unspecified atom stereocenters. The Labute approximate surface area is 139 Å². The van der Waals surface area contributed by atoms with Gasteiger partial charge in [0.1, 0.15) is 0 Å². The zero-order valence-electron chi connectivity index (χ0n) is 12.9. The molecule has 0 spiro atoms. The fourth-order valence-corrected chi connectivity index (χ4v) is 7.00.